The van der Waals surface area contributed by atoms with E-state index in [4.69, 9.17) is 4.74 Å². The van der Waals surface area contributed by atoms with Crippen molar-refractivity contribution < 1.29 is 4.74 Å². The normalized spacial score (nSPS) is 27.7. The van der Waals surface area contributed by atoms with Gasteiger partial charge in [-0.15, -0.1) is 0 Å². The van der Waals surface area contributed by atoms with E-state index >= 15 is 0 Å². The quantitative estimate of drug-likeness (QED) is 0.630. The number of hydrogen-bond acceptors (Lipinski definition) is 1. The molecule has 1 saturated carbocycles. The van der Waals surface area contributed by atoms with Crippen LogP contribution in [0, 0.1) is 5.41 Å². The van der Waals surface area contributed by atoms with Crippen molar-refractivity contribution in [2.75, 3.05) is 0 Å². The Hall–Kier alpha value is -0.460. The largest absolute Gasteiger partial charge is 0.495 e. The number of rotatable bonds is 2. The SMILES string of the molecule is CC1(C)CC=C(OC2CCC2)CC1. The van der Waals surface area contributed by atoms with Gasteiger partial charge in [-0.25, -0.2) is 0 Å². The van der Waals surface area contributed by atoms with Gasteiger partial charge in [-0.05, 0) is 43.6 Å². The highest BCUT2D eigenvalue weighted by atomic mass is 16.5. The molecule has 1 heteroatoms. The van der Waals surface area contributed by atoms with Crippen molar-refractivity contribution in [1.82, 2.24) is 0 Å². The second-order valence-corrected chi connectivity index (χ2v) is 5.21. The zero-order valence-corrected chi connectivity index (χ0v) is 8.81. The molecule has 0 saturated heterocycles. The first-order valence-corrected chi connectivity index (χ1v) is 5.51. The standard InChI is InChI=1S/C12H20O/c1-12(2)8-6-11(7-9-12)13-10-4-3-5-10/h6,10H,3-5,7-9H2,1-2H3. The second kappa shape index (κ2) is 3.36. The van der Waals surface area contributed by atoms with E-state index in [9.17, 15) is 0 Å². The van der Waals surface area contributed by atoms with Gasteiger partial charge in [-0.3, -0.25) is 0 Å². The summed E-state index contributed by atoms with van der Waals surface area (Å²) in [4.78, 5) is 0. The Morgan fingerprint density at radius 1 is 1.38 bits per heavy atom. The van der Waals surface area contributed by atoms with Crippen LogP contribution in [0.25, 0.3) is 0 Å². The minimum absolute atomic E-state index is 0.506. The molecule has 13 heavy (non-hydrogen) atoms. The summed E-state index contributed by atoms with van der Waals surface area (Å²) in [5.74, 6) is 1.27. The molecule has 0 aromatic carbocycles. The zero-order chi connectivity index (χ0) is 9.31. The predicted molar refractivity (Wildman–Crippen MR) is 54.4 cm³/mol. The van der Waals surface area contributed by atoms with Crippen LogP contribution in [-0.4, -0.2) is 6.10 Å². The first kappa shape index (κ1) is 9.11. The molecule has 0 heterocycles. The van der Waals surface area contributed by atoms with E-state index in [2.05, 4.69) is 19.9 Å². The van der Waals surface area contributed by atoms with Crippen molar-refractivity contribution in [1.29, 1.82) is 0 Å². The fourth-order valence-corrected chi connectivity index (χ4v) is 1.87. The maximum atomic E-state index is 5.88. The van der Waals surface area contributed by atoms with Gasteiger partial charge in [0.05, 0.1) is 11.9 Å². The zero-order valence-electron chi connectivity index (χ0n) is 8.81. The van der Waals surface area contributed by atoms with E-state index in [-0.39, 0.29) is 0 Å². The number of allylic oxidation sites excluding steroid dienone is 2. The molecule has 2 rings (SSSR count). The van der Waals surface area contributed by atoms with Crippen molar-refractivity contribution in [3.63, 3.8) is 0 Å². The summed E-state index contributed by atoms with van der Waals surface area (Å²) in [6.45, 7) is 4.67. The van der Waals surface area contributed by atoms with E-state index in [0.29, 0.717) is 11.5 Å². The second-order valence-electron chi connectivity index (χ2n) is 5.21. The molecule has 1 fully saturated rings. The Morgan fingerprint density at radius 3 is 2.62 bits per heavy atom. The maximum Gasteiger partial charge on any atom is 0.0982 e. The van der Waals surface area contributed by atoms with E-state index in [1.54, 1.807) is 0 Å². The fraction of sp³-hybridized carbons (Fsp3) is 0.833. The molecule has 0 aromatic heterocycles. The van der Waals surface area contributed by atoms with Crippen molar-refractivity contribution in [2.24, 2.45) is 5.41 Å². The Balaban J connectivity index is 1.84. The highest BCUT2D eigenvalue weighted by Gasteiger charge is 2.25. The summed E-state index contributed by atoms with van der Waals surface area (Å²) < 4.78 is 5.88. The molecular weight excluding hydrogens is 160 g/mol. The van der Waals surface area contributed by atoms with E-state index in [1.165, 1.54) is 37.9 Å². The third-order valence-corrected chi connectivity index (χ3v) is 3.30. The molecule has 0 amide bonds. The minimum atomic E-state index is 0.506. The predicted octanol–water partition coefficient (Wildman–Crippen LogP) is 3.65. The van der Waals surface area contributed by atoms with Gasteiger partial charge in [-0.2, -0.15) is 0 Å². The summed E-state index contributed by atoms with van der Waals surface area (Å²) in [7, 11) is 0. The Kier molecular flexibility index (Phi) is 2.35. The first-order valence-electron chi connectivity index (χ1n) is 5.51. The van der Waals surface area contributed by atoms with Crippen LogP contribution in [0.15, 0.2) is 11.8 Å². The molecule has 2 aliphatic carbocycles. The Morgan fingerprint density at radius 2 is 2.15 bits per heavy atom. The Labute approximate surface area is 81.2 Å². The van der Waals surface area contributed by atoms with Crippen LogP contribution in [0.3, 0.4) is 0 Å². The van der Waals surface area contributed by atoms with Crippen LogP contribution in [-0.2, 0) is 4.74 Å². The average Bonchev–Trinajstić information content (AvgIpc) is 1.99. The summed E-state index contributed by atoms with van der Waals surface area (Å²) in [6, 6.07) is 0. The van der Waals surface area contributed by atoms with Crippen LogP contribution < -0.4 is 0 Å². The monoisotopic (exact) mass is 180 g/mol. The summed E-state index contributed by atoms with van der Waals surface area (Å²) in [5, 5.41) is 0. The molecule has 0 aromatic rings. The molecule has 2 aliphatic rings. The number of hydrogen-bond donors (Lipinski definition) is 0. The van der Waals surface area contributed by atoms with Crippen molar-refractivity contribution in [2.45, 2.75) is 58.5 Å². The van der Waals surface area contributed by atoms with E-state index in [0.717, 1.165) is 6.42 Å². The van der Waals surface area contributed by atoms with E-state index in [1.807, 2.05) is 0 Å². The maximum absolute atomic E-state index is 5.88. The molecule has 74 valence electrons. The molecule has 0 atom stereocenters. The van der Waals surface area contributed by atoms with E-state index < -0.39 is 0 Å². The first-order chi connectivity index (χ1) is 6.16. The molecule has 0 radical (unpaired) electrons. The third kappa shape index (κ3) is 2.26. The number of ether oxygens (including phenoxy) is 1. The summed E-state index contributed by atoms with van der Waals surface area (Å²) >= 11 is 0. The van der Waals surface area contributed by atoms with Crippen LogP contribution in [0.1, 0.15) is 52.4 Å². The van der Waals surface area contributed by atoms with Crippen molar-refractivity contribution in [3.8, 4) is 0 Å². The molecule has 0 aliphatic heterocycles. The van der Waals surface area contributed by atoms with Crippen molar-refractivity contribution in [3.05, 3.63) is 11.8 Å². The van der Waals surface area contributed by atoms with Gasteiger partial charge in [-0.1, -0.05) is 13.8 Å². The average molecular weight is 180 g/mol. The molecular formula is C12H20O. The van der Waals surface area contributed by atoms with Crippen LogP contribution >= 0.6 is 0 Å². The van der Waals surface area contributed by atoms with Crippen molar-refractivity contribution >= 4 is 0 Å². The van der Waals surface area contributed by atoms with Gasteiger partial charge in [0.25, 0.3) is 0 Å². The summed E-state index contributed by atoms with van der Waals surface area (Å²) in [6.07, 6.45) is 10.4. The lowest BCUT2D eigenvalue weighted by Gasteiger charge is -2.33. The Bertz CT molecular complexity index is 211. The molecule has 1 nitrogen and oxygen atoms in total. The fourth-order valence-electron chi connectivity index (χ4n) is 1.87. The van der Waals surface area contributed by atoms with Gasteiger partial charge < -0.3 is 4.74 Å². The molecule has 0 bridgehead atoms. The topological polar surface area (TPSA) is 9.23 Å². The lowest BCUT2D eigenvalue weighted by Crippen LogP contribution is -2.23. The van der Waals surface area contributed by atoms with Gasteiger partial charge >= 0.3 is 0 Å². The highest BCUT2D eigenvalue weighted by molar-refractivity contribution is 5.02. The lowest BCUT2D eigenvalue weighted by molar-refractivity contribution is 0.0399. The summed E-state index contributed by atoms with van der Waals surface area (Å²) in [5.41, 5.74) is 0.506. The third-order valence-electron chi connectivity index (χ3n) is 3.30. The molecule has 0 unspecified atom stereocenters. The molecule has 0 N–H and O–H groups in total. The minimum Gasteiger partial charge on any atom is -0.495 e. The van der Waals surface area contributed by atoms with Gasteiger partial charge in [0, 0.05) is 6.42 Å². The molecule has 0 spiro atoms. The highest BCUT2D eigenvalue weighted by Crippen LogP contribution is 2.36. The lowest BCUT2D eigenvalue weighted by atomic mass is 9.80. The van der Waals surface area contributed by atoms with Crippen LogP contribution in [0.4, 0.5) is 0 Å². The van der Waals surface area contributed by atoms with Gasteiger partial charge in [0.2, 0.25) is 0 Å². The smallest absolute Gasteiger partial charge is 0.0982 e. The van der Waals surface area contributed by atoms with Gasteiger partial charge in [0.15, 0.2) is 0 Å². The van der Waals surface area contributed by atoms with Crippen LogP contribution in [0.5, 0.6) is 0 Å². The van der Waals surface area contributed by atoms with Crippen LogP contribution in [0.2, 0.25) is 0 Å². The van der Waals surface area contributed by atoms with Gasteiger partial charge in [0.1, 0.15) is 0 Å².